The summed E-state index contributed by atoms with van der Waals surface area (Å²) in [5.41, 5.74) is 4.40. The van der Waals surface area contributed by atoms with Gasteiger partial charge in [-0.25, -0.2) is 9.59 Å². The van der Waals surface area contributed by atoms with Crippen molar-refractivity contribution in [1.82, 2.24) is 0 Å². The van der Waals surface area contributed by atoms with E-state index >= 15 is 0 Å². The molecular formula is C32H38O5. The zero-order valence-electron chi connectivity index (χ0n) is 22.4. The molecule has 0 N–H and O–H groups in total. The molecule has 4 aliphatic carbocycles. The summed E-state index contributed by atoms with van der Waals surface area (Å²) >= 11 is 0. The van der Waals surface area contributed by atoms with Crippen molar-refractivity contribution in [2.75, 3.05) is 13.7 Å². The Balaban J connectivity index is 1.40. The molecule has 196 valence electrons. The summed E-state index contributed by atoms with van der Waals surface area (Å²) < 4.78 is 15.8. The van der Waals surface area contributed by atoms with Gasteiger partial charge in [-0.05, 0) is 129 Å². The van der Waals surface area contributed by atoms with Gasteiger partial charge in [-0.1, -0.05) is 24.3 Å². The number of carbonyl (C=O) groups excluding carboxylic acids is 2. The third-order valence-electron chi connectivity index (χ3n) is 8.23. The van der Waals surface area contributed by atoms with Gasteiger partial charge in [0.25, 0.3) is 0 Å². The van der Waals surface area contributed by atoms with E-state index in [1.165, 1.54) is 57.3 Å². The van der Waals surface area contributed by atoms with Crippen LogP contribution < -0.4 is 4.74 Å². The number of esters is 2. The lowest BCUT2D eigenvalue weighted by Crippen LogP contribution is -2.48. The van der Waals surface area contributed by atoms with E-state index in [0.29, 0.717) is 5.75 Å². The van der Waals surface area contributed by atoms with Crippen molar-refractivity contribution in [3.8, 4) is 16.9 Å². The molecule has 0 atom stereocenters. The second-order valence-corrected chi connectivity index (χ2v) is 12.3. The lowest BCUT2D eigenvalue weighted by molar-refractivity contribution is -0.157. The topological polar surface area (TPSA) is 61.8 Å². The molecule has 0 amide bonds. The Morgan fingerprint density at radius 3 is 2.08 bits per heavy atom. The molecule has 5 nitrogen and oxygen atoms in total. The van der Waals surface area contributed by atoms with Crippen LogP contribution in [0.2, 0.25) is 0 Å². The van der Waals surface area contributed by atoms with Gasteiger partial charge in [-0.15, -0.1) is 0 Å². The first-order chi connectivity index (χ1) is 17.6. The molecule has 0 heterocycles. The smallest absolute Gasteiger partial charge is 0.344 e. The van der Waals surface area contributed by atoms with E-state index in [9.17, 15) is 9.59 Å². The fraction of sp³-hybridized carbons (Fsp3) is 0.500. The van der Waals surface area contributed by atoms with E-state index in [1.807, 2.05) is 51.1 Å². The molecule has 2 aromatic carbocycles. The number of hydrogen-bond acceptors (Lipinski definition) is 5. The Kier molecular flexibility index (Phi) is 6.91. The van der Waals surface area contributed by atoms with Gasteiger partial charge < -0.3 is 14.2 Å². The van der Waals surface area contributed by atoms with Crippen LogP contribution in [0.25, 0.3) is 17.2 Å². The SMILES string of the molecule is COC(=O)C=Cc1ccc(-c2ccc(OCC(=O)OC(C)(C)C)cc2)cc1C12CC3CC(CC(C3)C1)C2. The first-order valence-electron chi connectivity index (χ1n) is 13.5. The van der Waals surface area contributed by atoms with Crippen LogP contribution in [-0.4, -0.2) is 31.3 Å². The number of carbonyl (C=O) groups is 2. The maximum absolute atomic E-state index is 12.0. The molecular weight excluding hydrogens is 464 g/mol. The number of benzene rings is 2. The highest BCUT2D eigenvalue weighted by Crippen LogP contribution is 2.61. The number of hydrogen-bond donors (Lipinski definition) is 0. The minimum atomic E-state index is -0.531. The van der Waals surface area contributed by atoms with Gasteiger partial charge in [0, 0.05) is 6.08 Å². The van der Waals surface area contributed by atoms with Crippen LogP contribution in [-0.2, 0) is 24.5 Å². The van der Waals surface area contributed by atoms with Gasteiger partial charge in [0.05, 0.1) is 7.11 Å². The Bertz CT molecular complexity index is 1150. The Morgan fingerprint density at radius 2 is 1.51 bits per heavy atom. The van der Waals surface area contributed by atoms with Crippen molar-refractivity contribution in [1.29, 1.82) is 0 Å². The standard InChI is InChI=1S/C32H38O5/c1-31(2,3)37-30(34)20-36-27-10-7-24(8-11-27)26-6-5-25(9-12-29(33)35-4)28(16-26)32-17-21-13-22(18-32)15-23(14-21)19-32/h5-12,16,21-23H,13-15,17-20H2,1-4H3. The van der Waals surface area contributed by atoms with E-state index in [0.717, 1.165) is 34.4 Å². The summed E-state index contributed by atoms with van der Waals surface area (Å²) in [6.45, 7) is 5.41. The van der Waals surface area contributed by atoms with Crippen molar-refractivity contribution >= 4 is 18.0 Å². The van der Waals surface area contributed by atoms with Gasteiger partial charge in [0.2, 0.25) is 0 Å². The van der Waals surface area contributed by atoms with Gasteiger partial charge in [0.15, 0.2) is 6.61 Å². The highest BCUT2D eigenvalue weighted by molar-refractivity contribution is 5.87. The summed E-state index contributed by atoms with van der Waals surface area (Å²) in [6.07, 6.45) is 11.4. The summed E-state index contributed by atoms with van der Waals surface area (Å²) in [7, 11) is 1.41. The normalized spacial score (nSPS) is 26.3. The molecule has 6 rings (SSSR count). The highest BCUT2D eigenvalue weighted by atomic mass is 16.6. The Hall–Kier alpha value is -3.08. The van der Waals surface area contributed by atoms with Crippen LogP contribution in [0, 0.1) is 17.8 Å². The second-order valence-electron chi connectivity index (χ2n) is 12.3. The third kappa shape index (κ3) is 5.76. The molecule has 4 fully saturated rings. The first-order valence-corrected chi connectivity index (χ1v) is 13.5. The minimum Gasteiger partial charge on any atom is -0.482 e. The van der Waals surface area contributed by atoms with Crippen molar-refractivity contribution in [3.05, 3.63) is 59.7 Å². The average Bonchev–Trinajstić information content (AvgIpc) is 2.84. The number of ether oxygens (including phenoxy) is 3. The summed E-state index contributed by atoms with van der Waals surface area (Å²) in [5.74, 6) is 2.40. The maximum atomic E-state index is 12.0. The molecule has 4 aliphatic rings. The number of methoxy groups -OCH3 is 1. The molecule has 0 saturated heterocycles. The van der Waals surface area contributed by atoms with E-state index in [2.05, 4.69) is 18.2 Å². The quantitative estimate of drug-likeness (QED) is 0.310. The molecule has 37 heavy (non-hydrogen) atoms. The molecule has 0 unspecified atom stereocenters. The average molecular weight is 503 g/mol. The van der Waals surface area contributed by atoms with Gasteiger partial charge in [-0.2, -0.15) is 0 Å². The summed E-state index contributed by atoms with van der Waals surface area (Å²) in [6, 6.07) is 14.5. The molecule has 4 saturated carbocycles. The van der Waals surface area contributed by atoms with Crippen molar-refractivity contribution in [2.45, 2.75) is 70.3 Å². The Morgan fingerprint density at radius 1 is 0.919 bits per heavy atom. The monoisotopic (exact) mass is 502 g/mol. The highest BCUT2D eigenvalue weighted by Gasteiger charge is 2.52. The van der Waals surface area contributed by atoms with Crippen LogP contribution in [0.15, 0.2) is 48.5 Å². The van der Waals surface area contributed by atoms with Crippen LogP contribution >= 0.6 is 0 Å². The maximum Gasteiger partial charge on any atom is 0.344 e. The van der Waals surface area contributed by atoms with E-state index in [-0.39, 0.29) is 24.0 Å². The zero-order chi connectivity index (χ0) is 26.2. The second kappa shape index (κ2) is 10.00. The van der Waals surface area contributed by atoms with E-state index in [4.69, 9.17) is 14.2 Å². The fourth-order valence-electron chi connectivity index (χ4n) is 7.26. The van der Waals surface area contributed by atoms with E-state index in [1.54, 1.807) is 0 Å². The first kappa shape index (κ1) is 25.6. The largest absolute Gasteiger partial charge is 0.482 e. The molecule has 0 aromatic heterocycles. The fourth-order valence-corrected chi connectivity index (χ4v) is 7.26. The molecule has 5 heteroatoms. The zero-order valence-corrected chi connectivity index (χ0v) is 22.4. The van der Waals surface area contributed by atoms with Crippen LogP contribution in [0.1, 0.15) is 70.4 Å². The third-order valence-corrected chi connectivity index (χ3v) is 8.23. The molecule has 0 aliphatic heterocycles. The van der Waals surface area contributed by atoms with Gasteiger partial charge >= 0.3 is 11.9 Å². The van der Waals surface area contributed by atoms with Crippen molar-refractivity contribution in [3.63, 3.8) is 0 Å². The molecule has 0 spiro atoms. The van der Waals surface area contributed by atoms with Gasteiger partial charge in [-0.3, -0.25) is 0 Å². The minimum absolute atomic E-state index is 0.117. The number of rotatable bonds is 7. The predicted molar refractivity (Wildman–Crippen MR) is 144 cm³/mol. The summed E-state index contributed by atoms with van der Waals surface area (Å²) in [4.78, 5) is 23.9. The van der Waals surface area contributed by atoms with Crippen LogP contribution in [0.5, 0.6) is 5.75 Å². The molecule has 0 radical (unpaired) electrons. The lowest BCUT2D eigenvalue weighted by Gasteiger charge is -2.57. The van der Waals surface area contributed by atoms with E-state index < -0.39 is 5.60 Å². The van der Waals surface area contributed by atoms with Crippen molar-refractivity contribution < 1.29 is 23.8 Å². The Labute approximate surface area is 220 Å². The molecule has 2 aromatic rings. The molecule has 4 bridgehead atoms. The van der Waals surface area contributed by atoms with Crippen molar-refractivity contribution in [2.24, 2.45) is 17.8 Å². The summed E-state index contributed by atoms with van der Waals surface area (Å²) in [5, 5.41) is 0. The van der Waals surface area contributed by atoms with Crippen LogP contribution in [0.3, 0.4) is 0 Å². The predicted octanol–water partition coefficient (Wildman–Crippen LogP) is 6.73. The van der Waals surface area contributed by atoms with Crippen LogP contribution in [0.4, 0.5) is 0 Å². The lowest BCUT2D eigenvalue weighted by atomic mass is 9.47. The van der Waals surface area contributed by atoms with Gasteiger partial charge in [0.1, 0.15) is 11.4 Å².